The van der Waals surface area contributed by atoms with E-state index < -0.39 is 6.23 Å². The van der Waals surface area contributed by atoms with Crippen molar-refractivity contribution in [1.29, 1.82) is 0 Å². The van der Waals surface area contributed by atoms with Gasteiger partial charge in [0.25, 0.3) is 0 Å². The maximum absolute atomic E-state index is 9.87. The number of halogens is 1. The van der Waals surface area contributed by atoms with Crippen molar-refractivity contribution in [2.75, 3.05) is 17.2 Å². The number of hydrogen-bond donors (Lipinski definition) is 2. The Kier molecular flexibility index (Phi) is 3.11. The molecule has 0 radical (unpaired) electrons. The summed E-state index contributed by atoms with van der Waals surface area (Å²) in [6, 6.07) is 1.85. The van der Waals surface area contributed by atoms with E-state index in [1.807, 2.05) is 11.0 Å². The van der Waals surface area contributed by atoms with Crippen LogP contribution in [0, 0.1) is 0 Å². The molecule has 1 fully saturated rings. The minimum absolute atomic E-state index is 0.421. The molecule has 1 aromatic heterocycles. The molecule has 0 aliphatic carbocycles. The lowest BCUT2D eigenvalue weighted by Crippen LogP contribution is -2.39. The van der Waals surface area contributed by atoms with Crippen molar-refractivity contribution in [2.24, 2.45) is 0 Å². The molecule has 15 heavy (non-hydrogen) atoms. The van der Waals surface area contributed by atoms with Gasteiger partial charge in [-0.3, -0.25) is 0 Å². The summed E-state index contributed by atoms with van der Waals surface area (Å²) in [5, 5.41) is 9.87. The van der Waals surface area contributed by atoms with Crippen LogP contribution in [0.5, 0.6) is 0 Å². The predicted octanol–water partition coefficient (Wildman–Crippen LogP) is 1.73. The Morgan fingerprint density at radius 2 is 2.33 bits per heavy atom. The lowest BCUT2D eigenvalue weighted by molar-refractivity contribution is 0.140. The summed E-state index contributed by atoms with van der Waals surface area (Å²) >= 11 is 3.31. The van der Waals surface area contributed by atoms with Crippen LogP contribution in [0.4, 0.5) is 11.4 Å². The summed E-state index contributed by atoms with van der Waals surface area (Å²) in [6.07, 6.45) is 4.16. The second-order valence-electron chi connectivity index (χ2n) is 3.74. The highest BCUT2D eigenvalue weighted by molar-refractivity contribution is 9.10. The van der Waals surface area contributed by atoms with Gasteiger partial charge in [-0.25, -0.2) is 4.98 Å². The Morgan fingerprint density at radius 3 is 3.07 bits per heavy atom. The molecule has 82 valence electrons. The van der Waals surface area contributed by atoms with E-state index in [1.54, 1.807) is 6.20 Å². The van der Waals surface area contributed by atoms with E-state index in [-0.39, 0.29) is 0 Å². The molecule has 0 spiro atoms. The first-order valence-corrected chi connectivity index (χ1v) is 5.83. The molecule has 1 atom stereocenters. The molecule has 2 rings (SSSR count). The molecule has 1 saturated heterocycles. The topological polar surface area (TPSA) is 62.4 Å². The zero-order valence-electron chi connectivity index (χ0n) is 8.36. The fourth-order valence-electron chi connectivity index (χ4n) is 1.87. The minimum Gasteiger partial charge on any atom is -0.396 e. The van der Waals surface area contributed by atoms with Crippen LogP contribution < -0.4 is 10.6 Å². The highest BCUT2D eigenvalue weighted by atomic mass is 79.9. The van der Waals surface area contributed by atoms with Crippen molar-refractivity contribution in [3.05, 3.63) is 16.9 Å². The third-order valence-electron chi connectivity index (χ3n) is 2.66. The molecular weight excluding hydrogens is 258 g/mol. The molecule has 1 aliphatic heterocycles. The average Bonchev–Trinajstić information content (AvgIpc) is 2.23. The number of anilines is 2. The number of aliphatic hydroxyl groups is 1. The number of piperidine rings is 1. The molecule has 4 nitrogen and oxygen atoms in total. The Bertz CT molecular complexity index is 359. The smallest absolute Gasteiger partial charge is 0.126 e. The van der Waals surface area contributed by atoms with Gasteiger partial charge in [-0.2, -0.15) is 0 Å². The van der Waals surface area contributed by atoms with E-state index in [0.29, 0.717) is 5.69 Å². The quantitative estimate of drug-likeness (QED) is 0.764. The van der Waals surface area contributed by atoms with Gasteiger partial charge in [0.05, 0.1) is 17.6 Å². The lowest BCUT2D eigenvalue weighted by Gasteiger charge is -2.34. The fraction of sp³-hybridized carbons (Fsp3) is 0.500. The van der Waals surface area contributed by atoms with Crippen molar-refractivity contribution in [3.63, 3.8) is 0 Å². The number of nitrogen functional groups attached to an aromatic ring is 1. The molecule has 0 bridgehead atoms. The van der Waals surface area contributed by atoms with E-state index in [1.165, 1.54) is 0 Å². The van der Waals surface area contributed by atoms with Crippen molar-refractivity contribution >= 4 is 27.3 Å². The Balaban J connectivity index is 2.30. The molecular formula is C10H14BrN3O. The zero-order chi connectivity index (χ0) is 10.8. The zero-order valence-corrected chi connectivity index (χ0v) is 9.94. The van der Waals surface area contributed by atoms with Crippen molar-refractivity contribution < 1.29 is 5.11 Å². The van der Waals surface area contributed by atoms with Crippen LogP contribution >= 0.6 is 15.9 Å². The van der Waals surface area contributed by atoms with Crippen LogP contribution in [-0.4, -0.2) is 22.9 Å². The Hall–Kier alpha value is -0.810. The first-order chi connectivity index (χ1) is 7.18. The van der Waals surface area contributed by atoms with Gasteiger partial charge in [0.15, 0.2) is 0 Å². The van der Waals surface area contributed by atoms with Gasteiger partial charge in [0, 0.05) is 6.54 Å². The largest absolute Gasteiger partial charge is 0.396 e. The molecule has 1 aliphatic rings. The highest BCUT2D eigenvalue weighted by Gasteiger charge is 2.22. The van der Waals surface area contributed by atoms with Crippen molar-refractivity contribution in [2.45, 2.75) is 25.5 Å². The lowest BCUT2D eigenvalue weighted by atomic mass is 10.1. The first-order valence-electron chi connectivity index (χ1n) is 5.04. The standard InChI is InChI=1S/C10H14BrN3O/c11-9-5-8(7(12)6-13-9)14-4-2-1-3-10(14)15/h5-6,10,15H,1-4,12H2. The maximum atomic E-state index is 9.87. The summed E-state index contributed by atoms with van der Waals surface area (Å²) in [7, 11) is 0. The fourth-order valence-corrected chi connectivity index (χ4v) is 2.19. The molecule has 5 heteroatoms. The number of nitrogens with zero attached hydrogens (tertiary/aromatic N) is 2. The van der Waals surface area contributed by atoms with Crippen LogP contribution in [0.2, 0.25) is 0 Å². The maximum Gasteiger partial charge on any atom is 0.126 e. The van der Waals surface area contributed by atoms with Crippen molar-refractivity contribution in [1.82, 2.24) is 4.98 Å². The molecule has 1 aromatic rings. The van der Waals surface area contributed by atoms with Crippen LogP contribution in [0.25, 0.3) is 0 Å². The first kappa shape index (κ1) is 10.7. The number of aromatic nitrogens is 1. The van der Waals surface area contributed by atoms with Crippen LogP contribution in [-0.2, 0) is 0 Å². The van der Waals surface area contributed by atoms with Crippen LogP contribution in [0.3, 0.4) is 0 Å². The second-order valence-corrected chi connectivity index (χ2v) is 4.55. The van der Waals surface area contributed by atoms with Crippen molar-refractivity contribution in [3.8, 4) is 0 Å². The van der Waals surface area contributed by atoms with Gasteiger partial charge in [-0.15, -0.1) is 0 Å². The normalized spacial score (nSPS) is 21.7. The summed E-state index contributed by atoms with van der Waals surface area (Å²) in [6.45, 7) is 0.849. The monoisotopic (exact) mass is 271 g/mol. The second kappa shape index (κ2) is 4.37. The van der Waals surface area contributed by atoms with Crippen LogP contribution in [0.1, 0.15) is 19.3 Å². The SMILES string of the molecule is Nc1cnc(Br)cc1N1CCCCC1O. The summed E-state index contributed by atoms with van der Waals surface area (Å²) in [5.41, 5.74) is 7.32. The van der Waals surface area contributed by atoms with Gasteiger partial charge in [0.1, 0.15) is 10.8 Å². The summed E-state index contributed by atoms with van der Waals surface area (Å²) in [5.74, 6) is 0. The molecule has 0 saturated carbocycles. The van der Waals surface area contributed by atoms with Gasteiger partial charge in [-0.1, -0.05) is 0 Å². The van der Waals surface area contributed by atoms with E-state index in [9.17, 15) is 5.11 Å². The summed E-state index contributed by atoms with van der Waals surface area (Å²) < 4.78 is 0.740. The van der Waals surface area contributed by atoms with Crippen LogP contribution in [0.15, 0.2) is 16.9 Å². The molecule has 0 aromatic carbocycles. The third-order valence-corrected chi connectivity index (χ3v) is 3.09. The number of pyridine rings is 1. The number of rotatable bonds is 1. The van der Waals surface area contributed by atoms with Gasteiger partial charge >= 0.3 is 0 Å². The van der Waals surface area contributed by atoms with Gasteiger partial charge < -0.3 is 15.7 Å². The molecule has 3 N–H and O–H groups in total. The number of nitrogens with two attached hydrogens (primary N) is 1. The Labute approximate surface area is 97.2 Å². The molecule has 2 heterocycles. The molecule has 0 amide bonds. The highest BCUT2D eigenvalue weighted by Crippen LogP contribution is 2.29. The number of aliphatic hydroxyl groups excluding tert-OH is 1. The molecule has 1 unspecified atom stereocenters. The number of hydrogen-bond acceptors (Lipinski definition) is 4. The van der Waals surface area contributed by atoms with Gasteiger partial charge in [-0.05, 0) is 41.3 Å². The van der Waals surface area contributed by atoms with E-state index in [2.05, 4.69) is 20.9 Å². The average molecular weight is 272 g/mol. The minimum atomic E-state index is -0.421. The van der Waals surface area contributed by atoms with E-state index in [4.69, 9.17) is 5.73 Å². The summed E-state index contributed by atoms with van der Waals surface area (Å²) in [4.78, 5) is 5.98. The van der Waals surface area contributed by atoms with E-state index in [0.717, 1.165) is 36.1 Å². The van der Waals surface area contributed by atoms with Gasteiger partial charge in [0.2, 0.25) is 0 Å². The van der Waals surface area contributed by atoms with E-state index >= 15 is 0 Å². The Morgan fingerprint density at radius 1 is 1.53 bits per heavy atom. The predicted molar refractivity (Wildman–Crippen MR) is 63.6 cm³/mol. The third kappa shape index (κ3) is 2.23.